The highest BCUT2D eigenvalue weighted by atomic mass is 19.1. The van der Waals surface area contributed by atoms with Gasteiger partial charge in [0, 0.05) is 18.6 Å². The van der Waals surface area contributed by atoms with Gasteiger partial charge in [-0.15, -0.1) is 0 Å². The number of phenols is 1. The van der Waals surface area contributed by atoms with E-state index in [1.165, 1.54) is 24.1 Å². The lowest BCUT2D eigenvalue weighted by Gasteiger charge is -2.29. The molecule has 0 saturated carbocycles. The summed E-state index contributed by atoms with van der Waals surface area (Å²) in [4.78, 5) is 31.6. The van der Waals surface area contributed by atoms with E-state index in [1.807, 2.05) is 12.1 Å². The second-order valence-electron chi connectivity index (χ2n) is 7.74. The van der Waals surface area contributed by atoms with Gasteiger partial charge in [-0.2, -0.15) is 0 Å². The van der Waals surface area contributed by atoms with Gasteiger partial charge in [0.25, 0.3) is 0 Å². The molecule has 0 aliphatic heterocycles. The molecule has 174 valence electrons. The van der Waals surface area contributed by atoms with Gasteiger partial charge in [-0.1, -0.05) is 18.2 Å². The summed E-state index contributed by atoms with van der Waals surface area (Å²) in [5.74, 6) is -2.05. The summed E-state index contributed by atoms with van der Waals surface area (Å²) in [6, 6.07) is 10.7. The maximum atomic E-state index is 13.6. The van der Waals surface area contributed by atoms with Crippen LogP contribution in [0.4, 0.5) is 4.39 Å². The lowest BCUT2D eigenvalue weighted by atomic mass is 10.0. The first-order valence-electron chi connectivity index (χ1n) is 10.6. The van der Waals surface area contributed by atoms with Crippen LogP contribution in [-0.4, -0.2) is 52.5 Å². The van der Waals surface area contributed by atoms with Gasteiger partial charge in [0.05, 0.1) is 11.6 Å². The van der Waals surface area contributed by atoms with Crippen molar-refractivity contribution in [3.05, 3.63) is 66.1 Å². The monoisotopic (exact) mass is 454 g/mol. The van der Waals surface area contributed by atoms with E-state index in [1.54, 1.807) is 24.4 Å². The number of likely N-dealkylation sites (N-methyl/N-ethyl adjacent to an activating group) is 1. The predicted molar refractivity (Wildman–Crippen MR) is 122 cm³/mol. The van der Waals surface area contributed by atoms with Crippen molar-refractivity contribution in [2.75, 3.05) is 13.6 Å². The van der Waals surface area contributed by atoms with Gasteiger partial charge in [0.2, 0.25) is 5.91 Å². The molecule has 0 spiro atoms. The van der Waals surface area contributed by atoms with Crippen LogP contribution in [0.15, 0.2) is 54.7 Å². The fourth-order valence-corrected chi connectivity index (χ4v) is 3.55. The molecule has 3 aromatic rings. The molecule has 33 heavy (non-hydrogen) atoms. The number of phenolic OH excluding ortho intramolecular Hbond substituents is 1. The normalized spacial score (nSPS) is 12.8. The van der Waals surface area contributed by atoms with Crippen molar-refractivity contribution >= 4 is 22.8 Å². The zero-order chi connectivity index (χ0) is 24.0. The number of carbonyl (C=O) groups excluding carboxylic acids is 2. The highest BCUT2D eigenvalue weighted by Crippen LogP contribution is 2.25. The summed E-state index contributed by atoms with van der Waals surface area (Å²) in [7, 11) is 1.48. The van der Waals surface area contributed by atoms with Crippen molar-refractivity contribution in [2.24, 2.45) is 11.5 Å². The van der Waals surface area contributed by atoms with E-state index >= 15 is 0 Å². The number of pyridine rings is 1. The lowest BCUT2D eigenvalue weighted by molar-refractivity contribution is -0.147. The summed E-state index contributed by atoms with van der Waals surface area (Å²) in [5, 5.41) is 10.0. The molecule has 1 amide bonds. The number of nitrogens with zero attached hydrogens (tertiary/aromatic N) is 2. The molecule has 0 saturated heterocycles. The van der Waals surface area contributed by atoms with Crippen molar-refractivity contribution in [3.63, 3.8) is 0 Å². The summed E-state index contributed by atoms with van der Waals surface area (Å²) in [5.41, 5.74) is 12.8. The third-order valence-corrected chi connectivity index (χ3v) is 5.37. The first kappa shape index (κ1) is 24.1. The number of ether oxygens (including phenoxy) is 1. The molecule has 0 radical (unpaired) electrons. The summed E-state index contributed by atoms with van der Waals surface area (Å²) < 4.78 is 19.3. The Morgan fingerprint density at radius 3 is 2.70 bits per heavy atom. The molecule has 0 unspecified atom stereocenters. The molecule has 5 N–H and O–H groups in total. The second-order valence-corrected chi connectivity index (χ2v) is 7.74. The average Bonchev–Trinajstić information content (AvgIpc) is 2.81. The predicted octanol–water partition coefficient (Wildman–Crippen LogP) is 2.12. The van der Waals surface area contributed by atoms with Gasteiger partial charge in [-0.3, -0.25) is 9.78 Å². The number of esters is 1. The molecule has 0 aliphatic carbocycles. The van der Waals surface area contributed by atoms with E-state index in [9.17, 15) is 19.1 Å². The van der Waals surface area contributed by atoms with E-state index in [0.717, 1.165) is 6.07 Å². The number of rotatable bonds is 9. The minimum absolute atomic E-state index is 0.0357. The number of fused-ring (bicyclic) bond motifs is 1. The highest BCUT2D eigenvalue weighted by Gasteiger charge is 2.31. The minimum atomic E-state index is -1.02. The van der Waals surface area contributed by atoms with Crippen molar-refractivity contribution < 1.29 is 23.8 Å². The van der Waals surface area contributed by atoms with E-state index < -0.39 is 35.5 Å². The number of halogens is 1. The SMILES string of the molecule is CN(C(=O)[C@@H](N)Cc1ccc(O)c(F)c1)[C@@H](CCCN)C(=O)Oc1ccnc2ccccc12. The maximum absolute atomic E-state index is 13.6. The molecule has 8 nitrogen and oxygen atoms in total. The molecule has 1 heterocycles. The summed E-state index contributed by atoms with van der Waals surface area (Å²) in [6.45, 7) is 0.336. The number of benzene rings is 2. The number of para-hydroxylation sites is 1. The van der Waals surface area contributed by atoms with Crippen LogP contribution in [0.1, 0.15) is 18.4 Å². The van der Waals surface area contributed by atoms with Gasteiger partial charge in [-0.05, 0) is 61.7 Å². The summed E-state index contributed by atoms with van der Waals surface area (Å²) >= 11 is 0. The van der Waals surface area contributed by atoms with E-state index in [-0.39, 0.29) is 6.42 Å². The molecule has 1 aromatic heterocycles. The molecule has 2 atom stereocenters. The zero-order valence-corrected chi connectivity index (χ0v) is 18.3. The van der Waals surface area contributed by atoms with Crippen molar-refractivity contribution in [2.45, 2.75) is 31.3 Å². The fraction of sp³-hybridized carbons (Fsp3) is 0.292. The van der Waals surface area contributed by atoms with Crippen molar-refractivity contribution in [3.8, 4) is 11.5 Å². The Morgan fingerprint density at radius 1 is 1.21 bits per heavy atom. The lowest BCUT2D eigenvalue weighted by Crippen LogP contribution is -2.51. The molecule has 3 rings (SSSR count). The molecule has 0 fully saturated rings. The number of aromatic hydroxyl groups is 1. The van der Waals surface area contributed by atoms with Gasteiger partial charge in [0.15, 0.2) is 11.6 Å². The average molecular weight is 455 g/mol. The quantitative estimate of drug-likeness (QED) is 0.422. The van der Waals surface area contributed by atoms with E-state index in [4.69, 9.17) is 16.2 Å². The first-order valence-corrected chi connectivity index (χ1v) is 10.6. The highest BCUT2D eigenvalue weighted by molar-refractivity contribution is 5.91. The van der Waals surface area contributed by atoms with Gasteiger partial charge in [-0.25, -0.2) is 9.18 Å². The maximum Gasteiger partial charge on any atom is 0.334 e. The molecule has 2 aromatic carbocycles. The largest absolute Gasteiger partial charge is 0.505 e. The third kappa shape index (κ3) is 5.82. The number of aromatic nitrogens is 1. The van der Waals surface area contributed by atoms with Gasteiger partial charge >= 0.3 is 5.97 Å². The smallest absolute Gasteiger partial charge is 0.334 e. The van der Waals surface area contributed by atoms with E-state index in [2.05, 4.69) is 4.98 Å². The number of carbonyl (C=O) groups is 2. The van der Waals surface area contributed by atoms with Crippen LogP contribution in [0.3, 0.4) is 0 Å². The molecule has 9 heteroatoms. The summed E-state index contributed by atoms with van der Waals surface area (Å²) in [6.07, 6.45) is 2.36. The molecule has 0 bridgehead atoms. The Kier molecular flexibility index (Phi) is 7.92. The van der Waals surface area contributed by atoms with Crippen LogP contribution in [-0.2, 0) is 16.0 Å². The van der Waals surface area contributed by atoms with Gasteiger partial charge < -0.3 is 26.2 Å². The number of hydrogen-bond acceptors (Lipinski definition) is 7. The number of hydrogen-bond donors (Lipinski definition) is 3. The van der Waals surface area contributed by atoms with Gasteiger partial charge in [0.1, 0.15) is 11.8 Å². The Bertz CT molecular complexity index is 1140. The van der Waals surface area contributed by atoms with Crippen molar-refractivity contribution in [1.29, 1.82) is 0 Å². The standard InChI is InChI=1S/C24H27FN4O4/c1-29(23(31)18(27)14-15-8-9-21(30)17(25)13-15)20(7-4-11-26)24(32)33-22-10-12-28-19-6-3-2-5-16(19)22/h2-3,5-6,8-10,12-13,18,20,30H,4,7,11,14,26-27H2,1H3/t18-,20-/m0/s1. The Labute approximate surface area is 191 Å². The van der Waals surface area contributed by atoms with Crippen LogP contribution in [0.2, 0.25) is 0 Å². The first-order chi connectivity index (χ1) is 15.8. The zero-order valence-electron chi connectivity index (χ0n) is 18.3. The van der Waals surface area contributed by atoms with Crippen LogP contribution in [0.25, 0.3) is 10.9 Å². The topological polar surface area (TPSA) is 132 Å². The number of nitrogens with two attached hydrogens (primary N) is 2. The Hall–Kier alpha value is -3.56. The van der Waals surface area contributed by atoms with Crippen LogP contribution in [0, 0.1) is 5.82 Å². The number of amides is 1. The second kappa shape index (κ2) is 10.8. The minimum Gasteiger partial charge on any atom is -0.505 e. The van der Waals surface area contributed by atoms with E-state index in [0.29, 0.717) is 41.6 Å². The van der Waals surface area contributed by atoms with Crippen molar-refractivity contribution in [1.82, 2.24) is 9.88 Å². The van der Waals surface area contributed by atoms with Crippen LogP contribution < -0.4 is 16.2 Å². The fourth-order valence-electron chi connectivity index (χ4n) is 3.55. The van der Waals surface area contributed by atoms with Crippen LogP contribution >= 0.6 is 0 Å². The van der Waals surface area contributed by atoms with Crippen LogP contribution in [0.5, 0.6) is 11.5 Å². The molecule has 0 aliphatic rings. The Balaban J connectivity index is 1.76. The molecular weight excluding hydrogens is 427 g/mol. The third-order valence-electron chi connectivity index (χ3n) is 5.37. The molecular formula is C24H27FN4O4. The Morgan fingerprint density at radius 2 is 1.97 bits per heavy atom.